The Kier molecular flexibility index (Phi) is 8.04. The van der Waals surface area contributed by atoms with Crippen LogP contribution in [0.1, 0.15) is 51.5 Å². The molecule has 2 aliphatic rings. The minimum atomic E-state index is -4.60. The third-order valence-electron chi connectivity index (χ3n) is 6.13. The maximum atomic E-state index is 13.4. The van der Waals surface area contributed by atoms with Crippen molar-refractivity contribution in [2.24, 2.45) is 5.92 Å². The van der Waals surface area contributed by atoms with Crippen LogP contribution in [0.3, 0.4) is 0 Å². The van der Waals surface area contributed by atoms with Gasteiger partial charge in [-0.2, -0.15) is 13.2 Å². The van der Waals surface area contributed by atoms with Gasteiger partial charge in [-0.1, -0.05) is 0 Å². The normalized spacial score (nSPS) is 19.9. The van der Waals surface area contributed by atoms with Crippen LogP contribution in [-0.4, -0.2) is 64.5 Å². The van der Waals surface area contributed by atoms with E-state index in [9.17, 15) is 26.4 Å². The molecule has 1 aromatic carbocycles. The molecule has 1 aliphatic heterocycles. The summed E-state index contributed by atoms with van der Waals surface area (Å²) in [7, 11) is -4.06. The van der Waals surface area contributed by atoms with Crippen molar-refractivity contribution in [1.29, 1.82) is 0 Å². The average Bonchev–Trinajstić information content (AvgIpc) is 3.56. The van der Waals surface area contributed by atoms with Crippen molar-refractivity contribution in [3.8, 4) is 0 Å². The van der Waals surface area contributed by atoms with Crippen molar-refractivity contribution in [3.05, 3.63) is 29.8 Å². The number of carbonyl (C=O) groups excluding carboxylic acids is 1. The molecule has 0 bridgehead atoms. The second-order valence-electron chi connectivity index (χ2n) is 9.12. The van der Waals surface area contributed by atoms with E-state index in [1.807, 2.05) is 4.90 Å². The zero-order chi connectivity index (χ0) is 23.7. The maximum absolute atomic E-state index is 13.4. The fourth-order valence-electron chi connectivity index (χ4n) is 4.35. The zero-order valence-corrected chi connectivity index (χ0v) is 21.6. The van der Waals surface area contributed by atoms with Crippen LogP contribution >= 0.6 is 0 Å². The Morgan fingerprint density at radius 1 is 1.16 bits per heavy atom. The number of amides is 1. The minimum absolute atomic E-state index is 0.0972. The Morgan fingerprint density at radius 3 is 2.25 bits per heavy atom. The van der Waals surface area contributed by atoms with Gasteiger partial charge in [-0.15, -0.1) is 0 Å². The third-order valence-corrected chi connectivity index (χ3v) is 10.6. The number of hydrogen-bond donors (Lipinski definition) is 0. The van der Waals surface area contributed by atoms with Gasteiger partial charge < -0.3 is 0 Å². The van der Waals surface area contributed by atoms with E-state index in [1.165, 1.54) is 10.4 Å². The molecule has 1 saturated heterocycles. The van der Waals surface area contributed by atoms with Gasteiger partial charge in [-0.05, 0) is 0 Å². The molecule has 0 spiro atoms. The Labute approximate surface area is 195 Å². The van der Waals surface area contributed by atoms with Crippen molar-refractivity contribution in [2.45, 2.75) is 79.5 Å². The second kappa shape index (κ2) is 10.1. The molecule has 1 saturated carbocycles. The summed E-state index contributed by atoms with van der Waals surface area (Å²) in [6.07, 6.45) is -1.26. The number of alkyl halides is 3. The first-order chi connectivity index (χ1) is 14.9. The predicted molar refractivity (Wildman–Crippen MR) is 119 cm³/mol. The molecule has 0 radical (unpaired) electrons. The fourth-order valence-corrected chi connectivity index (χ4v) is 8.71. The summed E-state index contributed by atoms with van der Waals surface area (Å²) in [6, 6.07) is 3.52. The summed E-state index contributed by atoms with van der Waals surface area (Å²) in [5.74, 6) is 0.631. The summed E-state index contributed by atoms with van der Waals surface area (Å²) >= 11 is -0.374. The first-order valence-electron chi connectivity index (χ1n) is 11.1. The molecule has 10 heteroatoms. The first kappa shape index (κ1) is 25.6. The molecule has 1 amide bonds. The summed E-state index contributed by atoms with van der Waals surface area (Å²) in [4.78, 5) is 14.5. The SMILES string of the molecule is C[AsH]C(CC(C)C)C(=O)N1CCC(N(C2CC2)S(=O)(=O)c2cccc(C(F)(F)F)c2)CC1. The van der Waals surface area contributed by atoms with E-state index in [0.717, 1.165) is 24.6 Å². The van der Waals surface area contributed by atoms with Gasteiger partial charge in [0.05, 0.1) is 0 Å². The number of hydrogen-bond acceptors (Lipinski definition) is 3. The van der Waals surface area contributed by atoms with Crippen molar-refractivity contribution in [1.82, 2.24) is 9.21 Å². The molecule has 1 heterocycles. The first-order valence-corrected chi connectivity index (χ1v) is 15.9. The van der Waals surface area contributed by atoms with Crippen LogP contribution in [0.5, 0.6) is 0 Å². The van der Waals surface area contributed by atoms with Gasteiger partial charge in [0, 0.05) is 0 Å². The standard InChI is InChI=1S/C22H32AsF3N2O3S/c1-15(2)13-20(23-3)21(29)27-11-9-18(10-12-27)28(17-7-8-17)32(30,31)19-6-4-5-16(14-19)22(24,25)26/h4-6,14-15,17-18,20,23H,7-13H2,1-3H3. The van der Waals surface area contributed by atoms with E-state index in [4.69, 9.17) is 0 Å². The van der Waals surface area contributed by atoms with Crippen LogP contribution in [-0.2, 0) is 21.0 Å². The Hall–Kier alpha value is -1.05. The molecule has 180 valence electrons. The molecular weight excluding hydrogens is 504 g/mol. The van der Waals surface area contributed by atoms with Crippen LogP contribution < -0.4 is 0 Å². The van der Waals surface area contributed by atoms with E-state index in [1.54, 1.807) is 0 Å². The zero-order valence-electron chi connectivity index (χ0n) is 18.7. The molecule has 3 rings (SSSR count). The Morgan fingerprint density at radius 2 is 1.75 bits per heavy atom. The summed E-state index contributed by atoms with van der Waals surface area (Å²) in [5, 5.41) is 0. The van der Waals surface area contributed by atoms with Crippen molar-refractivity contribution in [3.63, 3.8) is 0 Å². The van der Waals surface area contributed by atoms with Gasteiger partial charge in [-0.25, -0.2) is 0 Å². The number of likely N-dealkylation sites (tertiary alicyclic amines) is 1. The van der Waals surface area contributed by atoms with Crippen LogP contribution in [0.25, 0.3) is 0 Å². The quantitative estimate of drug-likeness (QED) is 0.469. The van der Waals surface area contributed by atoms with E-state index in [0.29, 0.717) is 44.7 Å². The molecule has 1 aliphatic carbocycles. The van der Waals surface area contributed by atoms with Gasteiger partial charge >= 0.3 is 182 Å². The number of benzene rings is 1. The van der Waals surface area contributed by atoms with E-state index in [2.05, 4.69) is 19.6 Å². The van der Waals surface area contributed by atoms with E-state index < -0.39 is 21.8 Å². The number of rotatable bonds is 8. The van der Waals surface area contributed by atoms with Crippen molar-refractivity contribution in [2.75, 3.05) is 13.1 Å². The van der Waals surface area contributed by atoms with Gasteiger partial charge in [0.2, 0.25) is 0 Å². The number of piperidine rings is 1. The predicted octanol–water partition coefficient (Wildman–Crippen LogP) is 4.17. The van der Waals surface area contributed by atoms with E-state index >= 15 is 0 Å². The van der Waals surface area contributed by atoms with Crippen LogP contribution in [0, 0.1) is 5.92 Å². The molecule has 0 aromatic heterocycles. The summed E-state index contributed by atoms with van der Waals surface area (Å²) in [5.41, 5.74) is 1.17. The van der Waals surface area contributed by atoms with Crippen LogP contribution in [0.4, 0.5) is 13.2 Å². The third kappa shape index (κ3) is 5.89. The molecule has 1 aromatic rings. The topological polar surface area (TPSA) is 57.7 Å². The van der Waals surface area contributed by atoms with Crippen molar-refractivity contribution >= 4 is 31.7 Å². The molecule has 2 atom stereocenters. The molecule has 2 unspecified atom stereocenters. The summed E-state index contributed by atoms with van der Waals surface area (Å²) < 4.78 is 67.7. The van der Waals surface area contributed by atoms with Gasteiger partial charge in [0.25, 0.3) is 0 Å². The van der Waals surface area contributed by atoms with Crippen LogP contribution in [0.15, 0.2) is 29.2 Å². The molecular formula is C22H32AsF3N2O3S. The van der Waals surface area contributed by atoms with E-state index in [-0.39, 0.29) is 43.3 Å². The van der Waals surface area contributed by atoms with Crippen molar-refractivity contribution < 1.29 is 26.4 Å². The molecule has 0 N–H and O–H groups in total. The number of sulfonamides is 1. The molecule has 5 nitrogen and oxygen atoms in total. The number of nitrogens with zero attached hydrogens (tertiary/aromatic N) is 2. The van der Waals surface area contributed by atoms with Gasteiger partial charge in [-0.3, -0.25) is 0 Å². The monoisotopic (exact) mass is 536 g/mol. The summed E-state index contributed by atoms with van der Waals surface area (Å²) in [6.45, 7) is 5.21. The van der Waals surface area contributed by atoms with Gasteiger partial charge in [0.1, 0.15) is 0 Å². The molecule has 2 fully saturated rings. The average molecular weight is 536 g/mol. The molecule has 32 heavy (non-hydrogen) atoms. The van der Waals surface area contributed by atoms with Gasteiger partial charge in [0.15, 0.2) is 0 Å². The Balaban J connectivity index is 1.75. The Bertz CT molecular complexity index is 911. The van der Waals surface area contributed by atoms with Crippen LogP contribution in [0.2, 0.25) is 10.4 Å². The number of halogens is 3. The number of carbonyl (C=O) groups is 1. The fraction of sp³-hybridized carbons (Fsp3) is 0.682. The second-order valence-corrected chi connectivity index (χ2v) is 13.6.